The van der Waals surface area contributed by atoms with Gasteiger partial charge < -0.3 is 10.4 Å². The molecule has 15 nitrogen and oxygen atoms in total. The van der Waals surface area contributed by atoms with Gasteiger partial charge in [-0.2, -0.15) is 28.8 Å². The normalized spacial score (nSPS) is 14.4. The molecule has 3 N–H and O–H groups in total. The maximum atomic E-state index is 13.7. The molecule has 16 heteroatoms. The fourth-order valence-electron chi connectivity index (χ4n) is 5.77. The van der Waals surface area contributed by atoms with E-state index in [0.29, 0.717) is 39.4 Å². The van der Waals surface area contributed by atoms with E-state index in [1.54, 1.807) is 47.0 Å². The van der Waals surface area contributed by atoms with Crippen molar-refractivity contribution in [3.8, 4) is 17.1 Å². The number of hydrogen-bond donors (Lipinski definition) is 3. The van der Waals surface area contributed by atoms with Crippen molar-refractivity contribution in [2.75, 3.05) is 10.3 Å². The van der Waals surface area contributed by atoms with E-state index in [1.807, 2.05) is 36.4 Å². The lowest BCUT2D eigenvalue weighted by Crippen LogP contribution is -2.30. The van der Waals surface area contributed by atoms with Gasteiger partial charge in [-0.15, -0.1) is 0 Å². The van der Waals surface area contributed by atoms with Crippen LogP contribution in [0.4, 0.5) is 17.1 Å². The second kappa shape index (κ2) is 14.1. The first-order chi connectivity index (χ1) is 25.9. The highest BCUT2D eigenvalue weighted by atomic mass is 32.2. The summed E-state index contributed by atoms with van der Waals surface area (Å²) in [5.41, 5.74) is 2.24. The molecule has 2 amide bonds. The third-order valence-corrected chi connectivity index (χ3v) is 9.33. The van der Waals surface area contributed by atoms with Gasteiger partial charge in [0, 0.05) is 16.8 Å². The summed E-state index contributed by atoms with van der Waals surface area (Å²) in [4.78, 5) is 55.5. The summed E-state index contributed by atoms with van der Waals surface area (Å²) in [6.45, 7) is 1.52. The molecule has 54 heavy (non-hydrogen) atoms. The molecule has 0 fully saturated rings. The van der Waals surface area contributed by atoms with Crippen LogP contribution in [0, 0.1) is 0 Å². The molecule has 0 unspecified atom stereocenters. The summed E-state index contributed by atoms with van der Waals surface area (Å²) in [6.07, 6.45) is 0. The predicted molar refractivity (Wildman–Crippen MR) is 199 cm³/mol. The Morgan fingerprint density at radius 3 is 2.19 bits per heavy atom. The van der Waals surface area contributed by atoms with Crippen LogP contribution < -0.4 is 15.9 Å². The van der Waals surface area contributed by atoms with E-state index in [4.69, 9.17) is 4.98 Å². The number of fused-ring (bicyclic) bond motifs is 1. The van der Waals surface area contributed by atoms with Crippen molar-refractivity contribution < 1.29 is 32.5 Å². The number of nitrogens with one attached hydrogen (secondary N) is 1. The number of carbonyl (C=O) groups excluding carboxylic acids is 2. The first kappa shape index (κ1) is 35.2. The zero-order valence-electron chi connectivity index (χ0n) is 28.1. The van der Waals surface area contributed by atoms with E-state index in [-0.39, 0.29) is 17.0 Å². The molecule has 0 saturated carbocycles. The van der Waals surface area contributed by atoms with Gasteiger partial charge in [-0.3, -0.25) is 23.5 Å². The van der Waals surface area contributed by atoms with Crippen molar-refractivity contribution >= 4 is 61.6 Å². The predicted octanol–water partition coefficient (Wildman–Crippen LogP) is 6.12. The molecule has 0 aliphatic carbocycles. The lowest BCUT2D eigenvalue weighted by Gasteiger charge is -2.14. The van der Waals surface area contributed by atoms with Gasteiger partial charge in [0.05, 0.1) is 39.2 Å². The van der Waals surface area contributed by atoms with Crippen molar-refractivity contribution in [3.05, 3.63) is 143 Å². The second-order valence-corrected chi connectivity index (χ2v) is 13.4. The largest absolute Gasteiger partial charge is 0.478 e. The molecular formula is C38H27N7O8S. The molecule has 1 aromatic heterocycles. The number of aromatic nitrogens is 2. The average molecular weight is 742 g/mol. The number of azo groups is 1. The number of aromatic carboxylic acids is 1. The summed E-state index contributed by atoms with van der Waals surface area (Å²) >= 11 is 0. The van der Waals surface area contributed by atoms with Gasteiger partial charge in [0.25, 0.3) is 27.5 Å². The van der Waals surface area contributed by atoms with Gasteiger partial charge in [0.2, 0.25) is 0 Å². The Kier molecular flexibility index (Phi) is 9.20. The van der Waals surface area contributed by atoms with E-state index < -0.39 is 44.4 Å². The molecule has 1 aliphatic heterocycles. The molecule has 5 aromatic carbocycles. The Hall–Kier alpha value is -7.17. The van der Waals surface area contributed by atoms with Gasteiger partial charge in [-0.1, -0.05) is 42.5 Å². The van der Waals surface area contributed by atoms with Gasteiger partial charge in [0.15, 0.2) is 6.04 Å². The van der Waals surface area contributed by atoms with Gasteiger partial charge in [-0.05, 0) is 85.8 Å². The zero-order valence-corrected chi connectivity index (χ0v) is 28.9. The first-order valence-electron chi connectivity index (χ1n) is 16.1. The molecule has 1 aliphatic rings. The fourth-order valence-corrected chi connectivity index (χ4v) is 6.43. The summed E-state index contributed by atoms with van der Waals surface area (Å²) in [7, 11) is -4.84. The highest BCUT2D eigenvalue weighted by Crippen LogP contribution is 2.28. The SMILES string of the molecule is CC1=NN(c2ccc(S(=O)(=O)O)c(C(=O)O)c2)C(=O)[C@H]1N=Nc1ccc(C(=O)Nc2ccc(-n3c(-c4ccccc4)nc4ccccc4c3=O)cc2)cc1. The molecule has 0 spiro atoms. The topological polar surface area (TPSA) is 213 Å². The summed E-state index contributed by atoms with van der Waals surface area (Å²) in [6, 6.07) is 31.2. The van der Waals surface area contributed by atoms with E-state index >= 15 is 0 Å². The van der Waals surface area contributed by atoms with Gasteiger partial charge in [-0.25, -0.2) is 9.78 Å². The highest BCUT2D eigenvalue weighted by Gasteiger charge is 2.35. The summed E-state index contributed by atoms with van der Waals surface area (Å²) in [5.74, 6) is -2.24. The zero-order chi connectivity index (χ0) is 38.1. The average Bonchev–Trinajstić information content (AvgIpc) is 3.46. The van der Waals surface area contributed by atoms with Crippen molar-refractivity contribution in [1.29, 1.82) is 0 Å². The van der Waals surface area contributed by atoms with Crippen LogP contribution in [0.15, 0.2) is 146 Å². The van der Waals surface area contributed by atoms with Crippen LogP contribution in [0.1, 0.15) is 27.6 Å². The Morgan fingerprint density at radius 2 is 1.50 bits per heavy atom. The maximum absolute atomic E-state index is 13.7. The number of benzene rings is 5. The second-order valence-electron chi connectivity index (χ2n) is 12.0. The molecule has 0 radical (unpaired) electrons. The monoisotopic (exact) mass is 741 g/mol. The molecule has 0 bridgehead atoms. The number of carboxylic acids is 1. The van der Waals surface area contributed by atoms with Crippen LogP contribution in [0.25, 0.3) is 28.0 Å². The maximum Gasteiger partial charge on any atom is 0.337 e. The van der Waals surface area contributed by atoms with Crippen LogP contribution in [0.5, 0.6) is 0 Å². The third kappa shape index (κ3) is 6.89. The standard InChI is InChI=1S/C38H27N7O8S/c1-22-33(37(48)45(43-22)28-19-20-32(54(51,52)53)30(21-28)38(49)50)42-41-26-13-11-24(12-14-26)35(46)39-25-15-17-27(18-16-25)44-34(23-7-3-2-4-8-23)40-31-10-6-5-9-29(31)36(44)47/h2-21,33H,1H3,(H,39,46)(H,49,50)(H,51,52,53)/t33-/m0/s1. The molecule has 1 atom stereocenters. The number of hydrazone groups is 1. The Bertz CT molecular complexity index is 2710. The Balaban J connectivity index is 1.04. The molecular weight excluding hydrogens is 715 g/mol. The number of rotatable bonds is 9. The van der Waals surface area contributed by atoms with Crippen LogP contribution >= 0.6 is 0 Å². The lowest BCUT2D eigenvalue weighted by molar-refractivity contribution is -0.117. The number of carbonyl (C=O) groups is 3. The van der Waals surface area contributed by atoms with E-state index in [0.717, 1.165) is 28.8 Å². The first-order valence-corrected chi connectivity index (χ1v) is 17.6. The van der Waals surface area contributed by atoms with Crippen molar-refractivity contribution in [3.63, 3.8) is 0 Å². The van der Waals surface area contributed by atoms with Crippen LogP contribution in [0.3, 0.4) is 0 Å². The minimum absolute atomic E-state index is 0.0524. The van der Waals surface area contributed by atoms with Gasteiger partial charge in [0.1, 0.15) is 10.7 Å². The van der Waals surface area contributed by atoms with Crippen LogP contribution in [-0.4, -0.2) is 57.2 Å². The third-order valence-electron chi connectivity index (χ3n) is 8.42. The smallest absolute Gasteiger partial charge is 0.337 e. The number of hydrogen-bond acceptors (Lipinski definition) is 10. The molecule has 2 heterocycles. The number of carboxylic acid groups (broad SMARTS) is 1. The number of nitrogens with zero attached hydrogens (tertiary/aromatic N) is 6. The van der Waals surface area contributed by atoms with Gasteiger partial charge >= 0.3 is 5.97 Å². The number of para-hydroxylation sites is 1. The highest BCUT2D eigenvalue weighted by molar-refractivity contribution is 7.86. The van der Waals surface area contributed by atoms with E-state index in [9.17, 15) is 37.3 Å². The number of anilines is 2. The molecule has 0 saturated heterocycles. The molecule has 7 rings (SSSR count). The summed E-state index contributed by atoms with van der Waals surface area (Å²) in [5, 5.41) is 26.0. The summed E-state index contributed by atoms with van der Waals surface area (Å²) < 4.78 is 34.1. The minimum Gasteiger partial charge on any atom is -0.478 e. The Labute approximate surface area is 306 Å². The Morgan fingerprint density at radius 1 is 0.833 bits per heavy atom. The molecule has 6 aromatic rings. The van der Waals surface area contributed by atoms with E-state index in [1.165, 1.54) is 31.2 Å². The van der Waals surface area contributed by atoms with Crippen LogP contribution in [0.2, 0.25) is 0 Å². The quantitative estimate of drug-likeness (QED) is 0.115. The van der Waals surface area contributed by atoms with Crippen LogP contribution in [-0.2, 0) is 14.9 Å². The van der Waals surface area contributed by atoms with E-state index in [2.05, 4.69) is 20.6 Å². The number of amides is 2. The van der Waals surface area contributed by atoms with Crippen molar-refractivity contribution in [1.82, 2.24) is 9.55 Å². The van der Waals surface area contributed by atoms with Crippen molar-refractivity contribution in [2.45, 2.75) is 17.9 Å². The lowest BCUT2D eigenvalue weighted by atomic mass is 10.1. The fraction of sp³-hybridized carbons (Fsp3) is 0.0526. The van der Waals surface area contributed by atoms with Crippen molar-refractivity contribution in [2.24, 2.45) is 15.3 Å². The minimum atomic E-state index is -4.84. The molecule has 268 valence electrons.